The average molecular weight is 138 g/mol. The standard InChI is InChI=1S/C9H14O/c1-4-6-7-9(5-2)8(3)10/h5-7H,4H2,1-3H3/b7-6-,9-5+. The van der Waals surface area contributed by atoms with Crippen LogP contribution in [0.1, 0.15) is 27.2 Å². The zero-order chi connectivity index (χ0) is 7.98. The summed E-state index contributed by atoms with van der Waals surface area (Å²) in [7, 11) is 0. The predicted molar refractivity (Wildman–Crippen MR) is 43.9 cm³/mol. The van der Waals surface area contributed by atoms with Crippen LogP contribution in [0.3, 0.4) is 0 Å². The Kier molecular flexibility index (Phi) is 4.55. The van der Waals surface area contributed by atoms with Gasteiger partial charge in [0, 0.05) is 5.57 Å². The lowest BCUT2D eigenvalue weighted by molar-refractivity contribution is -0.113. The Hall–Kier alpha value is -0.850. The third kappa shape index (κ3) is 3.23. The van der Waals surface area contributed by atoms with E-state index >= 15 is 0 Å². The molecule has 0 saturated heterocycles. The Morgan fingerprint density at radius 1 is 1.50 bits per heavy atom. The number of hydrogen-bond acceptors (Lipinski definition) is 1. The van der Waals surface area contributed by atoms with Gasteiger partial charge in [-0.05, 0) is 20.3 Å². The fraction of sp³-hybridized carbons (Fsp3) is 0.444. The van der Waals surface area contributed by atoms with Crippen LogP contribution in [0.2, 0.25) is 0 Å². The van der Waals surface area contributed by atoms with Gasteiger partial charge in [0.1, 0.15) is 0 Å². The van der Waals surface area contributed by atoms with Gasteiger partial charge in [0.15, 0.2) is 5.78 Å². The van der Waals surface area contributed by atoms with Crippen molar-refractivity contribution in [3.05, 3.63) is 23.8 Å². The molecule has 1 heteroatoms. The lowest BCUT2D eigenvalue weighted by Gasteiger charge is -1.91. The SMILES string of the molecule is C/C=C(\C=C/CC)C(C)=O. The zero-order valence-electron chi connectivity index (χ0n) is 6.85. The fourth-order valence-corrected chi connectivity index (χ4v) is 0.662. The average Bonchev–Trinajstić information content (AvgIpc) is 1.89. The van der Waals surface area contributed by atoms with E-state index in [9.17, 15) is 4.79 Å². The van der Waals surface area contributed by atoms with Gasteiger partial charge in [0.25, 0.3) is 0 Å². The molecule has 0 bridgehead atoms. The van der Waals surface area contributed by atoms with Crippen molar-refractivity contribution >= 4 is 5.78 Å². The molecule has 0 aromatic rings. The summed E-state index contributed by atoms with van der Waals surface area (Å²) in [5.74, 6) is 0.132. The molecule has 0 fully saturated rings. The zero-order valence-corrected chi connectivity index (χ0v) is 6.85. The first-order chi connectivity index (χ1) is 4.72. The van der Waals surface area contributed by atoms with Crippen LogP contribution in [-0.2, 0) is 4.79 Å². The predicted octanol–water partition coefficient (Wildman–Crippen LogP) is 2.49. The molecule has 0 saturated carbocycles. The van der Waals surface area contributed by atoms with Gasteiger partial charge in [0.05, 0.1) is 0 Å². The lowest BCUT2D eigenvalue weighted by Crippen LogP contribution is -1.91. The van der Waals surface area contributed by atoms with Crippen LogP contribution in [0.15, 0.2) is 23.8 Å². The molecule has 0 aliphatic heterocycles. The van der Waals surface area contributed by atoms with Crippen molar-refractivity contribution in [2.24, 2.45) is 0 Å². The maximum absolute atomic E-state index is 10.8. The number of rotatable bonds is 3. The second-order valence-electron chi connectivity index (χ2n) is 2.11. The summed E-state index contributed by atoms with van der Waals surface area (Å²) in [5, 5.41) is 0. The molecule has 0 heterocycles. The number of carbonyl (C=O) groups excluding carboxylic acids is 1. The van der Waals surface area contributed by atoms with E-state index in [2.05, 4.69) is 0 Å². The lowest BCUT2D eigenvalue weighted by atomic mass is 10.1. The molecule has 0 aliphatic rings. The first-order valence-electron chi connectivity index (χ1n) is 3.56. The van der Waals surface area contributed by atoms with Gasteiger partial charge < -0.3 is 0 Å². The van der Waals surface area contributed by atoms with Gasteiger partial charge in [0.2, 0.25) is 0 Å². The highest BCUT2D eigenvalue weighted by molar-refractivity contribution is 5.95. The Morgan fingerprint density at radius 3 is 2.40 bits per heavy atom. The van der Waals surface area contributed by atoms with E-state index < -0.39 is 0 Å². The maximum atomic E-state index is 10.8. The van der Waals surface area contributed by atoms with Crippen LogP contribution in [0.5, 0.6) is 0 Å². The molecule has 0 unspecified atom stereocenters. The van der Waals surface area contributed by atoms with Crippen molar-refractivity contribution in [2.75, 3.05) is 0 Å². The number of carbonyl (C=O) groups is 1. The molecule has 10 heavy (non-hydrogen) atoms. The summed E-state index contributed by atoms with van der Waals surface area (Å²) in [6.07, 6.45) is 6.65. The van der Waals surface area contributed by atoms with E-state index in [1.807, 2.05) is 32.1 Å². The second-order valence-corrected chi connectivity index (χ2v) is 2.11. The van der Waals surface area contributed by atoms with Crippen LogP contribution in [0.25, 0.3) is 0 Å². The molecule has 56 valence electrons. The summed E-state index contributed by atoms with van der Waals surface area (Å²) in [6.45, 7) is 5.50. The normalized spacial score (nSPS) is 12.5. The number of Topliss-reactive ketones (excluding diaryl/α,β-unsaturated/α-hetero) is 1. The van der Waals surface area contributed by atoms with Gasteiger partial charge in [-0.1, -0.05) is 25.2 Å². The summed E-state index contributed by atoms with van der Waals surface area (Å²) < 4.78 is 0. The highest BCUT2D eigenvalue weighted by atomic mass is 16.1. The van der Waals surface area contributed by atoms with Crippen molar-refractivity contribution in [1.29, 1.82) is 0 Å². The van der Waals surface area contributed by atoms with E-state index in [4.69, 9.17) is 0 Å². The molecule has 0 spiro atoms. The summed E-state index contributed by atoms with van der Waals surface area (Å²) in [4.78, 5) is 10.8. The first kappa shape index (κ1) is 9.15. The van der Waals surface area contributed by atoms with Gasteiger partial charge in [-0.2, -0.15) is 0 Å². The molecule has 0 N–H and O–H groups in total. The minimum Gasteiger partial charge on any atom is -0.295 e. The molecule has 1 nitrogen and oxygen atoms in total. The Labute approximate surface area is 62.4 Å². The topological polar surface area (TPSA) is 17.1 Å². The van der Waals surface area contributed by atoms with Crippen molar-refractivity contribution < 1.29 is 4.79 Å². The maximum Gasteiger partial charge on any atom is 0.159 e. The molecule has 0 radical (unpaired) electrons. The van der Waals surface area contributed by atoms with E-state index in [1.165, 1.54) is 0 Å². The van der Waals surface area contributed by atoms with E-state index in [0.717, 1.165) is 12.0 Å². The van der Waals surface area contributed by atoms with Crippen LogP contribution >= 0.6 is 0 Å². The quantitative estimate of drug-likeness (QED) is 0.432. The van der Waals surface area contributed by atoms with Crippen LogP contribution in [0, 0.1) is 0 Å². The van der Waals surface area contributed by atoms with Gasteiger partial charge in [-0.15, -0.1) is 0 Å². The number of ketones is 1. The molecule has 0 aliphatic carbocycles. The highest BCUT2D eigenvalue weighted by Crippen LogP contribution is 1.98. The second kappa shape index (κ2) is 4.98. The van der Waals surface area contributed by atoms with Crippen LogP contribution in [0.4, 0.5) is 0 Å². The molecule has 0 aromatic carbocycles. The molecule has 0 atom stereocenters. The smallest absolute Gasteiger partial charge is 0.159 e. The third-order valence-electron chi connectivity index (χ3n) is 1.25. The van der Waals surface area contributed by atoms with E-state index in [1.54, 1.807) is 6.92 Å². The summed E-state index contributed by atoms with van der Waals surface area (Å²) >= 11 is 0. The Morgan fingerprint density at radius 2 is 2.10 bits per heavy atom. The van der Waals surface area contributed by atoms with Crippen molar-refractivity contribution in [3.63, 3.8) is 0 Å². The van der Waals surface area contributed by atoms with Crippen molar-refractivity contribution in [2.45, 2.75) is 27.2 Å². The highest BCUT2D eigenvalue weighted by Gasteiger charge is 1.94. The fourth-order valence-electron chi connectivity index (χ4n) is 0.662. The third-order valence-corrected chi connectivity index (χ3v) is 1.25. The largest absolute Gasteiger partial charge is 0.295 e. The van der Waals surface area contributed by atoms with E-state index in [-0.39, 0.29) is 5.78 Å². The van der Waals surface area contributed by atoms with Crippen LogP contribution in [-0.4, -0.2) is 5.78 Å². The Bertz CT molecular complexity index is 164. The summed E-state index contributed by atoms with van der Waals surface area (Å²) in [6, 6.07) is 0. The van der Waals surface area contributed by atoms with Crippen molar-refractivity contribution in [3.8, 4) is 0 Å². The molecular formula is C9H14O. The van der Waals surface area contributed by atoms with E-state index in [0.29, 0.717) is 0 Å². The Balaban J connectivity index is 4.12. The number of hydrogen-bond donors (Lipinski definition) is 0. The minimum atomic E-state index is 0.132. The first-order valence-corrected chi connectivity index (χ1v) is 3.56. The molecule has 0 rings (SSSR count). The van der Waals surface area contributed by atoms with Gasteiger partial charge in [-0.3, -0.25) is 4.79 Å². The van der Waals surface area contributed by atoms with Crippen LogP contribution < -0.4 is 0 Å². The summed E-state index contributed by atoms with van der Waals surface area (Å²) in [5.41, 5.74) is 0.793. The van der Waals surface area contributed by atoms with Gasteiger partial charge in [-0.25, -0.2) is 0 Å². The molecule has 0 aromatic heterocycles. The van der Waals surface area contributed by atoms with Crippen molar-refractivity contribution in [1.82, 2.24) is 0 Å². The minimum absolute atomic E-state index is 0.132. The monoisotopic (exact) mass is 138 g/mol. The van der Waals surface area contributed by atoms with Gasteiger partial charge >= 0.3 is 0 Å². The number of allylic oxidation sites excluding steroid dienone is 4. The molecular weight excluding hydrogens is 124 g/mol. The molecule has 0 amide bonds.